The summed E-state index contributed by atoms with van der Waals surface area (Å²) in [5, 5.41) is 0. The lowest BCUT2D eigenvalue weighted by Gasteiger charge is -2.29. The standard InChI is InChI=1S/C18H27NO/c1-20-17-10-9-15(14-7-3-2-4-8-14)13-16(17)18(19)11-5-6-12-18/h9-10,13-14H,2-8,11-12,19H2,1H3. The zero-order chi connectivity index (χ0) is 14.0. The molecule has 2 aliphatic carbocycles. The van der Waals surface area contributed by atoms with E-state index in [0.29, 0.717) is 0 Å². The van der Waals surface area contributed by atoms with Crippen LogP contribution in [0.3, 0.4) is 0 Å². The van der Waals surface area contributed by atoms with Crippen molar-refractivity contribution in [1.29, 1.82) is 0 Å². The molecular formula is C18H27NO. The monoisotopic (exact) mass is 273 g/mol. The number of rotatable bonds is 3. The Morgan fingerprint density at radius 3 is 2.40 bits per heavy atom. The van der Waals surface area contributed by atoms with Crippen LogP contribution in [0, 0.1) is 0 Å². The Morgan fingerprint density at radius 2 is 1.75 bits per heavy atom. The third kappa shape index (κ3) is 2.58. The molecule has 0 unspecified atom stereocenters. The fraction of sp³-hybridized carbons (Fsp3) is 0.667. The smallest absolute Gasteiger partial charge is 0.123 e. The molecular weight excluding hydrogens is 246 g/mol. The van der Waals surface area contributed by atoms with Crippen molar-refractivity contribution in [3.8, 4) is 5.75 Å². The molecule has 0 radical (unpaired) electrons. The van der Waals surface area contributed by atoms with Gasteiger partial charge in [0.1, 0.15) is 5.75 Å². The molecule has 2 aliphatic rings. The zero-order valence-corrected chi connectivity index (χ0v) is 12.7. The van der Waals surface area contributed by atoms with E-state index in [2.05, 4.69) is 18.2 Å². The van der Waals surface area contributed by atoms with Crippen molar-refractivity contribution in [2.24, 2.45) is 5.73 Å². The molecule has 110 valence electrons. The molecule has 0 heterocycles. The van der Waals surface area contributed by atoms with E-state index in [4.69, 9.17) is 10.5 Å². The molecule has 2 nitrogen and oxygen atoms in total. The van der Waals surface area contributed by atoms with Crippen LogP contribution in [0.1, 0.15) is 74.8 Å². The minimum absolute atomic E-state index is 0.157. The molecule has 2 fully saturated rings. The average Bonchev–Trinajstić information content (AvgIpc) is 2.95. The molecule has 2 saturated carbocycles. The molecule has 3 rings (SSSR count). The second-order valence-corrected chi connectivity index (χ2v) is 6.66. The number of ether oxygens (including phenoxy) is 1. The Kier molecular flexibility index (Phi) is 4.02. The van der Waals surface area contributed by atoms with Gasteiger partial charge in [-0.05, 0) is 49.3 Å². The lowest BCUT2D eigenvalue weighted by atomic mass is 9.81. The lowest BCUT2D eigenvalue weighted by molar-refractivity contribution is 0.377. The van der Waals surface area contributed by atoms with E-state index >= 15 is 0 Å². The highest BCUT2D eigenvalue weighted by Crippen LogP contribution is 2.43. The molecule has 0 spiro atoms. The molecule has 2 heteroatoms. The first-order valence-electron chi connectivity index (χ1n) is 8.20. The van der Waals surface area contributed by atoms with E-state index in [1.165, 1.54) is 56.1 Å². The molecule has 1 aromatic carbocycles. The molecule has 2 N–H and O–H groups in total. The maximum absolute atomic E-state index is 6.68. The number of benzene rings is 1. The Morgan fingerprint density at radius 1 is 1.05 bits per heavy atom. The molecule has 1 aromatic rings. The minimum Gasteiger partial charge on any atom is -0.496 e. The summed E-state index contributed by atoms with van der Waals surface area (Å²) in [5.74, 6) is 1.72. The van der Waals surface area contributed by atoms with Crippen LogP contribution in [0.2, 0.25) is 0 Å². The summed E-state index contributed by atoms with van der Waals surface area (Å²) in [6, 6.07) is 6.77. The number of hydrogen-bond donors (Lipinski definition) is 1. The summed E-state index contributed by atoms with van der Waals surface area (Å²) in [6.07, 6.45) is 11.5. The summed E-state index contributed by atoms with van der Waals surface area (Å²) in [6.45, 7) is 0. The van der Waals surface area contributed by atoms with Gasteiger partial charge in [0.2, 0.25) is 0 Å². The van der Waals surface area contributed by atoms with Crippen LogP contribution in [0.15, 0.2) is 18.2 Å². The van der Waals surface area contributed by atoms with Gasteiger partial charge in [-0.15, -0.1) is 0 Å². The van der Waals surface area contributed by atoms with Gasteiger partial charge in [-0.3, -0.25) is 0 Å². The van der Waals surface area contributed by atoms with Crippen molar-refractivity contribution in [2.75, 3.05) is 7.11 Å². The van der Waals surface area contributed by atoms with Gasteiger partial charge in [0.25, 0.3) is 0 Å². The van der Waals surface area contributed by atoms with Crippen LogP contribution < -0.4 is 10.5 Å². The van der Waals surface area contributed by atoms with Gasteiger partial charge in [-0.25, -0.2) is 0 Å². The van der Waals surface area contributed by atoms with E-state index in [9.17, 15) is 0 Å². The average molecular weight is 273 g/mol. The third-order valence-electron chi connectivity index (χ3n) is 5.33. The highest BCUT2D eigenvalue weighted by Gasteiger charge is 2.34. The van der Waals surface area contributed by atoms with Gasteiger partial charge in [0, 0.05) is 11.1 Å². The summed E-state index contributed by atoms with van der Waals surface area (Å²) in [7, 11) is 1.76. The SMILES string of the molecule is COc1ccc(C2CCCCC2)cc1C1(N)CCCC1. The van der Waals surface area contributed by atoms with Crippen molar-refractivity contribution < 1.29 is 4.74 Å². The predicted molar refractivity (Wildman–Crippen MR) is 83.2 cm³/mol. The largest absolute Gasteiger partial charge is 0.496 e. The Balaban J connectivity index is 1.94. The van der Waals surface area contributed by atoms with Gasteiger partial charge in [0.15, 0.2) is 0 Å². The quantitative estimate of drug-likeness (QED) is 0.881. The Hall–Kier alpha value is -1.02. The first-order valence-corrected chi connectivity index (χ1v) is 8.20. The number of hydrogen-bond acceptors (Lipinski definition) is 2. The minimum atomic E-state index is -0.157. The van der Waals surface area contributed by atoms with E-state index < -0.39 is 0 Å². The first kappa shape index (κ1) is 13.9. The molecule has 0 saturated heterocycles. The Labute approximate surface area is 122 Å². The summed E-state index contributed by atoms with van der Waals surface area (Å²) < 4.78 is 5.59. The van der Waals surface area contributed by atoms with Crippen molar-refractivity contribution in [3.05, 3.63) is 29.3 Å². The van der Waals surface area contributed by atoms with Crippen LogP contribution in [-0.2, 0) is 5.54 Å². The topological polar surface area (TPSA) is 35.2 Å². The van der Waals surface area contributed by atoms with Crippen LogP contribution in [0.25, 0.3) is 0 Å². The fourth-order valence-electron chi connectivity index (χ4n) is 4.08. The zero-order valence-electron chi connectivity index (χ0n) is 12.7. The van der Waals surface area contributed by atoms with Gasteiger partial charge in [-0.1, -0.05) is 38.2 Å². The van der Waals surface area contributed by atoms with Crippen LogP contribution in [0.4, 0.5) is 0 Å². The molecule has 0 aliphatic heterocycles. The van der Waals surface area contributed by atoms with E-state index in [-0.39, 0.29) is 5.54 Å². The first-order chi connectivity index (χ1) is 9.73. The summed E-state index contributed by atoms with van der Waals surface area (Å²) in [5.41, 5.74) is 9.25. The molecule has 0 aromatic heterocycles. The van der Waals surface area contributed by atoms with E-state index in [0.717, 1.165) is 24.5 Å². The maximum Gasteiger partial charge on any atom is 0.123 e. The molecule has 0 amide bonds. The van der Waals surface area contributed by atoms with E-state index in [1.807, 2.05) is 0 Å². The van der Waals surface area contributed by atoms with Crippen molar-refractivity contribution in [3.63, 3.8) is 0 Å². The maximum atomic E-state index is 6.68. The highest BCUT2D eigenvalue weighted by molar-refractivity contribution is 5.43. The van der Waals surface area contributed by atoms with Crippen LogP contribution >= 0.6 is 0 Å². The van der Waals surface area contributed by atoms with Crippen molar-refractivity contribution in [2.45, 2.75) is 69.2 Å². The van der Waals surface area contributed by atoms with E-state index in [1.54, 1.807) is 7.11 Å². The number of nitrogens with two attached hydrogens (primary N) is 1. The lowest BCUT2D eigenvalue weighted by Crippen LogP contribution is -2.33. The molecule has 0 bridgehead atoms. The van der Waals surface area contributed by atoms with Gasteiger partial charge >= 0.3 is 0 Å². The van der Waals surface area contributed by atoms with Crippen LogP contribution in [-0.4, -0.2) is 7.11 Å². The van der Waals surface area contributed by atoms with Crippen molar-refractivity contribution in [1.82, 2.24) is 0 Å². The third-order valence-corrected chi connectivity index (χ3v) is 5.33. The second kappa shape index (κ2) is 5.77. The summed E-state index contributed by atoms with van der Waals surface area (Å²) >= 11 is 0. The predicted octanol–water partition coefficient (Wildman–Crippen LogP) is 4.47. The summed E-state index contributed by atoms with van der Waals surface area (Å²) in [4.78, 5) is 0. The highest BCUT2D eigenvalue weighted by atomic mass is 16.5. The van der Waals surface area contributed by atoms with Gasteiger partial charge in [-0.2, -0.15) is 0 Å². The van der Waals surface area contributed by atoms with Gasteiger partial charge in [0.05, 0.1) is 7.11 Å². The normalized spacial score (nSPS) is 22.9. The fourth-order valence-corrected chi connectivity index (χ4v) is 4.08. The van der Waals surface area contributed by atoms with Crippen molar-refractivity contribution >= 4 is 0 Å². The molecule has 20 heavy (non-hydrogen) atoms. The number of methoxy groups -OCH3 is 1. The van der Waals surface area contributed by atoms with Gasteiger partial charge < -0.3 is 10.5 Å². The molecule has 0 atom stereocenters. The Bertz CT molecular complexity index is 456. The second-order valence-electron chi connectivity index (χ2n) is 6.66. The van der Waals surface area contributed by atoms with Crippen LogP contribution in [0.5, 0.6) is 5.75 Å².